The van der Waals surface area contributed by atoms with E-state index in [2.05, 4.69) is 21.1 Å². The normalized spacial score (nSPS) is 17.2. The van der Waals surface area contributed by atoms with E-state index < -0.39 is 0 Å². The topological polar surface area (TPSA) is 52.0 Å². The Bertz CT molecular complexity index is 267. The number of nitrogens with zero attached hydrogens (tertiary/aromatic N) is 1. The highest BCUT2D eigenvalue weighted by Gasteiger charge is 2.25. The first-order valence-electron chi connectivity index (χ1n) is 3.67. The van der Waals surface area contributed by atoms with E-state index in [1.807, 2.05) is 0 Å². The third-order valence-electron chi connectivity index (χ3n) is 1.89. The van der Waals surface area contributed by atoms with Crippen LogP contribution in [0.3, 0.4) is 0 Å². The lowest BCUT2D eigenvalue weighted by molar-refractivity contribution is 0.379. The molecule has 1 aromatic heterocycles. The van der Waals surface area contributed by atoms with Gasteiger partial charge in [0.15, 0.2) is 11.6 Å². The fourth-order valence-corrected chi connectivity index (χ4v) is 1.34. The van der Waals surface area contributed by atoms with Gasteiger partial charge in [-0.15, -0.1) is 0 Å². The van der Waals surface area contributed by atoms with Crippen LogP contribution in [-0.2, 0) is 6.42 Å². The summed E-state index contributed by atoms with van der Waals surface area (Å²) < 4.78 is 5.86. The Morgan fingerprint density at radius 1 is 1.64 bits per heavy atom. The summed E-state index contributed by atoms with van der Waals surface area (Å²) in [4.78, 5) is 0. The number of nitrogens with two attached hydrogens (primary N) is 1. The summed E-state index contributed by atoms with van der Waals surface area (Å²) in [6, 6.07) is 0. The van der Waals surface area contributed by atoms with Crippen molar-refractivity contribution >= 4 is 21.7 Å². The Kier molecular flexibility index (Phi) is 1.64. The summed E-state index contributed by atoms with van der Waals surface area (Å²) >= 11 is 3.33. The summed E-state index contributed by atoms with van der Waals surface area (Å²) in [5.74, 6) is 2.16. The maximum atomic E-state index is 5.49. The van der Waals surface area contributed by atoms with Gasteiger partial charge in [-0.25, -0.2) is 0 Å². The van der Waals surface area contributed by atoms with Crippen LogP contribution in [0.5, 0.6) is 0 Å². The van der Waals surface area contributed by atoms with Crippen molar-refractivity contribution in [3.63, 3.8) is 0 Å². The first-order chi connectivity index (χ1) is 5.27. The highest BCUT2D eigenvalue weighted by atomic mass is 79.9. The van der Waals surface area contributed by atoms with Gasteiger partial charge in [0.2, 0.25) is 0 Å². The Balaban J connectivity index is 2.15. The molecule has 0 saturated heterocycles. The number of anilines is 1. The summed E-state index contributed by atoms with van der Waals surface area (Å²) in [5, 5.41) is 3.65. The predicted molar refractivity (Wildman–Crippen MR) is 45.0 cm³/mol. The van der Waals surface area contributed by atoms with E-state index in [1.165, 1.54) is 12.8 Å². The maximum absolute atomic E-state index is 5.49. The number of aromatic nitrogens is 1. The van der Waals surface area contributed by atoms with Crippen LogP contribution in [0, 0.1) is 5.92 Å². The van der Waals surface area contributed by atoms with E-state index >= 15 is 0 Å². The zero-order valence-corrected chi connectivity index (χ0v) is 7.60. The highest BCUT2D eigenvalue weighted by molar-refractivity contribution is 9.10. The molecule has 0 atom stereocenters. The highest BCUT2D eigenvalue weighted by Crippen LogP contribution is 2.35. The third-order valence-corrected chi connectivity index (χ3v) is 2.74. The molecule has 1 aromatic rings. The zero-order valence-electron chi connectivity index (χ0n) is 6.01. The van der Waals surface area contributed by atoms with Crippen molar-refractivity contribution in [2.45, 2.75) is 19.3 Å². The molecule has 0 aromatic carbocycles. The van der Waals surface area contributed by atoms with Crippen molar-refractivity contribution in [2.24, 2.45) is 5.92 Å². The average Bonchev–Trinajstić information content (AvgIpc) is 2.74. The molecular weight excluding hydrogens is 208 g/mol. The van der Waals surface area contributed by atoms with Crippen LogP contribution in [0.25, 0.3) is 0 Å². The van der Waals surface area contributed by atoms with Gasteiger partial charge in [-0.1, -0.05) is 5.16 Å². The molecule has 60 valence electrons. The van der Waals surface area contributed by atoms with Crippen LogP contribution in [0.15, 0.2) is 9.00 Å². The van der Waals surface area contributed by atoms with Gasteiger partial charge in [-0.3, -0.25) is 0 Å². The SMILES string of the molecule is Nc1noc(CC2CC2)c1Br. The smallest absolute Gasteiger partial charge is 0.181 e. The van der Waals surface area contributed by atoms with Gasteiger partial charge >= 0.3 is 0 Å². The summed E-state index contributed by atoms with van der Waals surface area (Å²) in [6.07, 6.45) is 3.60. The van der Waals surface area contributed by atoms with Crippen molar-refractivity contribution in [2.75, 3.05) is 5.73 Å². The molecule has 2 rings (SSSR count). The number of nitrogen functional groups attached to an aromatic ring is 1. The van der Waals surface area contributed by atoms with E-state index in [0.717, 1.165) is 22.6 Å². The van der Waals surface area contributed by atoms with Crippen LogP contribution >= 0.6 is 15.9 Å². The molecule has 11 heavy (non-hydrogen) atoms. The van der Waals surface area contributed by atoms with E-state index in [4.69, 9.17) is 10.3 Å². The molecule has 0 spiro atoms. The molecule has 0 bridgehead atoms. The minimum atomic E-state index is 0.459. The van der Waals surface area contributed by atoms with E-state index in [1.54, 1.807) is 0 Å². The third kappa shape index (κ3) is 1.40. The Morgan fingerprint density at radius 3 is 2.82 bits per heavy atom. The largest absolute Gasteiger partial charge is 0.380 e. The number of hydrogen-bond acceptors (Lipinski definition) is 3. The fraction of sp³-hybridized carbons (Fsp3) is 0.571. The molecule has 1 saturated carbocycles. The molecule has 3 nitrogen and oxygen atoms in total. The number of rotatable bonds is 2. The fourth-order valence-electron chi connectivity index (χ4n) is 1.04. The van der Waals surface area contributed by atoms with Gasteiger partial charge in [-0.05, 0) is 34.7 Å². The molecule has 0 radical (unpaired) electrons. The van der Waals surface area contributed by atoms with Crippen molar-refractivity contribution in [1.29, 1.82) is 0 Å². The summed E-state index contributed by atoms with van der Waals surface area (Å²) in [6.45, 7) is 0. The minimum Gasteiger partial charge on any atom is -0.380 e. The van der Waals surface area contributed by atoms with E-state index in [0.29, 0.717) is 5.82 Å². The minimum absolute atomic E-state index is 0.459. The van der Waals surface area contributed by atoms with Crippen molar-refractivity contribution in [3.05, 3.63) is 10.2 Å². The zero-order chi connectivity index (χ0) is 7.84. The first kappa shape index (κ1) is 7.16. The monoisotopic (exact) mass is 216 g/mol. The first-order valence-corrected chi connectivity index (χ1v) is 4.46. The Hall–Kier alpha value is -0.510. The molecule has 1 aliphatic carbocycles. The molecule has 1 fully saturated rings. The number of halogens is 1. The Labute approximate surface area is 73.1 Å². The molecule has 4 heteroatoms. The van der Waals surface area contributed by atoms with E-state index in [-0.39, 0.29) is 0 Å². The molecular formula is C7H9BrN2O. The molecule has 1 heterocycles. The van der Waals surface area contributed by atoms with Gasteiger partial charge in [0.25, 0.3) is 0 Å². The van der Waals surface area contributed by atoms with Crippen molar-refractivity contribution in [3.8, 4) is 0 Å². The lowest BCUT2D eigenvalue weighted by Gasteiger charge is -1.90. The summed E-state index contributed by atoms with van der Waals surface area (Å²) in [7, 11) is 0. The van der Waals surface area contributed by atoms with Gasteiger partial charge < -0.3 is 10.3 Å². The van der Waals surface area contributed by atoms with Crippen LogP contribution in [0.4, 0.5) is 5.82 Å². The lowest BCUT2D eigenvalue weighted by Crippen LogP contribution is -1.86. The molecule has 0 amide bonds. The lowest BCUT2D eigenvalue weighted by atomic mass is 10.2. The van der Waals surface area contributed by atoms with Crippen LogP contribution in [-0.4, -0.2) is 5.16 Å². The van der Waals surface area contributed by atoms with Gasteiger partial charge in [0.05, 0.1) is 0 Å². The van der Waals surface area contributed by atoms with Gasteiger partial charge in [-0.2, -0.15) is 0 Å². The van der Waals surface area contributed by atoms with Crippen LogP contribution in [0.1, 0.15) is 18.6 Å². The van der Waals surface area contributed by atoms with Gasteiger partial charge in [0, 0.05) is 6.42 Å². The predicted octanol–water partition coefficient (Wildman–Crippen LogP) is 1.97. The van der Waals surface area contributed by atoms with Crippen LogP contribution < -0.4 is 5.73 Å². The average molecular weight is 217 g/mol. The summed E-state index contributed by atoms with van der Waals surface area (Å²) in [5.41, 5.74) is 5.49. The number of hydrogen-bond donors (Lipinski definition) is 1. The van der Waals surface area contributed by atoms with Crippen molar-refractivity contribution in [1.82, 2.24) is 5.16 Å². The quantitative estimate of drug-likeness (QED) is 0.823. The second-order valence-electron chi connectivity index (χ2n) is 2.95. The molecule has 1 aliphatic rings. The van der Waals surface area contributed by atoms with Crippen LogP contribution in [0.2, 0.25) is 0 Å². The Morgan fingerprint density at radius 2 is 2.36 bits per heavy atom. The second-order valence-corrected chi connectivity index (χ2v) is 3.75. The van der Waals surface area contributed by atoms with E-state index in [9.17, 15) is 0 Å². The second kappa shape index (κ2) is 2.52. The van der Waals surface area contributed by atoms with Gasteiger partial charge in [0.1, 0.15) is 4.47 Å². The molecule has 2 N–H and O–H groups in total. The molecule has 0 unspecified atom stereocenters. The maximum Gasteiger partial charge on any atom is 0.181 e. The van der Waals surface area contributed by atoms with Crippen molar-refractivity contribution < 1.29 is 4.52 Å². The molecule has 0 aliphatic heterocycles. The standard InChI is InChI=1S/C7H9BrN2O/c8-6-5(3-4-1-2-4)11-10-7(6)9/h4H,1-3H2,(H2,9,10).